The molecule has 0 aliphatic carbocycles. The lowest BCUT2D eigenvalue weighted by Crippen LogP contribution is -2.20. The van der Waals surface area contributed by atoms with Gasteiger partial charge in [-0.1, -0.05) is 17.7 Å². The zero-order valence-electron chi connectivity index (χ0n) is 10.5. The first kappa shape index (κ1) is 13.7. The number of halogens is 2. The lowest BCUT2D eigenvalue weighted by Gasteiger charge is -2.18. The summed E-state index contributed by atoms with van der Waals surface area (Å²) in [4.78, 5) is 8.36. The lowest BCUT2D eigenvalue weighted by atomic mass is 10.0. The fourth-order valence-electron chi connectivity index (χ4n) is 1.84. The van der Waals surface area contributed by atoms with Crippen LogP contribution in [-0.2, 0) is 0 Å². The minimum Gasteiger partial charge on any atom is -0.480 e. The van der Waals surface area contributed by atoms with Crippen molar-refractivity contribution >= 4 is 11.6 Å². The van der Waals surface area contributed by atoms with Gasteiger partial charge in [0.15, 0.2) is 0 Å². The van der Waals surface area contributed by atoms with Crippen LogP contribution in [0, 0.1) is 5.82 Å². The smallest absolute Gasteiger partial charge is 0.237 e. The zero-order chi connectivity index (χ0) is 13.8. The van der Waals surface area contributed by atoms with E-state index in [9.17, 15) is 4.39 Å². The highest BCUT2D eigenvalue weighted by molar-refractivity contribution is 6.30. The van der Waals surface area contributed by atoms with E-state index in [1.807, 2.05) is 0 Å². The van der Waals surface area contributed by atoms with E-state index in [0.717, 1.165) is 5.56 Å². The third-order valence-corrected chi connectivity index (χ3v) is 3.01. The van der Waals surface area contributed by atoms with Crippen LogP contribution in [0.1, 0.15) is 17.3 Å². The predicted molar refractivity (Wildman–Crippen MR) is 70.9 cm³/mol. The second kappa shape index (κ2) is 5.95. The molecular formula is C13H13ClFN3O. The van der Waals surface area contributed by atoms with Gasteiger partial charge in [0.1, 0.15) is 11.5 Å². The minimum absolute atomic E-state index is 0.0700. The number of ether oxygens (including phenoxy) is 1. The third-order valence-electron chi connectivity index (χ3n) is 2.72. The van der Waals surface area contributed by atoms with Crippen LogP contribution in [0.5, 0.6) is 5.88 Å². The van der Waals surface area contributed by atoms with E-state index in [1.54, 1.807) is 31.6 Å². The van der Waals surface area contributed by atoms with Crippen molar-refractivity contribution in [2.45, 2.75) is 6.04 Å². The Bertz CT molecular complexity index is 580. The molecule has 0 saturated carbocycles. The maximum absolute atomic E-state index is 13.2. The van der Waals surface area contributed by atoms with Crippen molar-refractivity contribution in [2.75, 3.05) is 14.2 Å². The minimum atomic E-state index is -0.452. The van der Waals surface area contributed by atoms with Crippen LogP contribution < -0.4 is 10.1 Å². The van der Waals surface area contributed by atoms with E-state index in [1.165, 1.54) is 13.2 Å². The molecule has 0 amide bonds. The number of nitrogens with zero attached hydrogens (tertiary/aromatic N) is 2. The number of methoxy groups -OCH3 is 1. The van der Waals surface area contributed by atoms with E-state index >= 15 is 0 Å². The van der Waals surface area contributed by atoms with Gasteiger partial charge in [-0.15, -0.1) is 0 Å². The summed E-state index contributed by atoms with van der Waals surface area (Å²) >= 11 is 5.81. The molecule has 2 aromatic rings. The molecule has 0 aliphatic heterocycles. The molecule has 0 fully saturated rings. The molecule has 1 aromatic heterocycles. The molecule has 1 N–H and O–H groups in total. The Labute approximate surface area is 115 Å². The fraction of sp³-hybridized carbons (Fsp3) is 0.231. The van der Waals surface area contributed by atoms with Gasteiger partial charge in [-0.3, -0.25) is 4.98 Å². The molecule has 100 valence electrons. The summed E-state index contributed by atoms with van der Waals surface area (Å²) in [6.45, 7) is 0. The van der Waals surface area contributed by atoms with Crippen molar-refractivity contribution < 1.29 is 9.13 Å². The van der Waals surface area contributed by atoms with E-state index in [2.05, 4.69) is 15.3 Å². The molecule has 6 heteroatoms. The summed E-state index contributed by atoms with van der Waals surface area (Å²) in [7, 11) is 3.30. The number of hydrogen-bond acceptors (Lipinski definition) is 4. The molecule has 0 saturated heterocycles. The first-order chi connectivity index (χ1) is 9.17. The molecule has 2 rings (SSSR count). The summed E-state index contributed by atoms with van der Waals surface area (Å²) < 4.78 is 18.4. The Morgan fingerprint density at radius 3 is 2.68 bits per heavy atom. The first-order valence-electron chi connectivity index (χ1n) is 5.64. The Kier molecular flexibility index (Phi) is 4.29. The average molecular weight is 282 g/mol. The molecular weight excluding hydrogens is 269 g/mol. The topological polar surface area (TPSA) is 47.0 Å². The number of hydrogen-bond donors (Lipinski definition) is 1. The summed E-state index contributed by atoms with van der Waals surface area (Å²) in [6, 6.07) is 4.26. The highest BCUT2D eigenvalue weighted by atomic mass is 35.5. The highest BCUT2D eigenvalue weighted by Gasteiger charge is 2.19. The summed E-state index contributed by atoms with van der Waals surface area (Å²) in [5.41, 5.74) is 1.41. The summed E-state index contributed by atoms with van der Waals surface area (Å²) in [5, 5.41) is 3.16. The van der Waals surface area contributed by atoms with Gasteiger partial charge in [-0.2, -0.15) is 0 Å². The highest BCUT2D eigenvalue weighted by Crippen LogP contribution is 2.28. The van der Waals surface area contributed by atoms with Crippen LogP contribution in [0.2, 0.25) is 5.02 Å². The molecule has 19 heavy (non-hydrogen) atoms. The number of benzene rings is 1. The van der Waals surface area contributed by atoms with E-state index in [-0.39, 0.29) is 11.1 Å². The van der Waals surface area contributed by atoms with E-state index in [4.69, 9.17) is 16.3 Å². The quantitative estimate of drug-likeness (QED) is 0.936. The second-order valence-electron chi connectivity index (χ2n) is 3.85. The van der Waals surface area contributed by atoms with Gasteiger partial charge in [0.05, 0.1) is 18.2 Å². The number of rotatable bonds is 4. The Morgan fingerprint density at radius 1 is 1.32 bits per heavy atom. The van der Waals surface area contributed by atoms with Crippen molar-refractivity contribution in [2.24, 2.45) is 0 Å². The van der Waals surface area contributed by atoms with Gasteiger partial charge in [0.2, 0.25) is 5.88 Å². The number of nitrogens with one attached hydrogen (secondary N) is 1. The standard InChI is InChI=1S/C13H13ClFN3O/c1-16-11(8-3-4-10(15)9(14)7-8)12-13(19-2)18-6-5-17-12/h3-7,11,16H,1-2H3. The molecule has 0 bridgehead atoms. The molecule has 4 nitrogen and oxygen atoms in total. The molecule has 1 heterocycles. The van der Waals surface area contributed by atoms with Crippen LogP contribution in [-0.4, -0.2) is 24.1 Å². The average Bonchev–Trinajstić information content (AvgIpc) is 2.44. The summed E-state index contributed by atoms with van der Waals surface area (Å²) in [6.07, 6.45) is 3.13. The van der Waals surface area contributed by atoms with Crippen LogP contribution >= 0.6 is 11.6 Å². The summed E-state index contributed by atoms with van der Waals surface area (Å²) in [5.74, 6) is -0.0336. The van der Waals surface area contributed by atoms with Crippen molar-refractivity contribution in [3.63, 3.8) is 0 Å². The zero-order valence-corrected chi connectivity index (χ0v) is 11.3. The van der Waals surface area contributed by atoms with Crippen LogP contribution in [0.25, 0.3) is 0 Å². The fourth-order valence-corrected chi connectivity index (χ4v) is 2.03. The number of aromatic nitrogens is 2. The normalized spacial score (nSPS) is 12.2. The van der Waals surface area contributed by atoms with Gasteiger partial charge in [0.25, 0.3) is 0 Å². The second-order valence-corrected chi connectivity index (χ2v) is 4.25. The van der Waals surface area contributed by atoms with Gasteiger partial charge < -0.3 is 10.1 Å². The first-order valence-corrected chi connectivity index (χ1v) is 6.02. The maximum Gasteiger partial charge on any atom is 0.237 e. The maximum atomic E-state index is 13.2. The van der Waals surface area contributed by atoms with Crippen molar-refractivity contribution in [3.8, 4) is 5.88 Å². The molecule has 1 atom stereocenters. The van der Waals surface area contributed by atoms with E-state index < -0.39 is 5.82 Å². The largest absolute Gasteiger partial charge is 0.480 e. The molecule has 1 unspecified atom stereocenters. The van der Waals surface area contributed by atoms with Gasteiger partial charge in [0, 0.05) is 12.4 Å². The van der Waals surface area contributed by atoms with Crippen LogP contribution in [0.3, 0.4) is 0 Å². The molecule has 1 aromatic carbocycles. The lowest BCUT2D eigenvalue weighted by molar-refractivity contribution is 0.384. The Balaban J connectivity index is 2.46. The molecule has 0 spiro atoms. The third kappa shape index (κ3) is 2.83. The molecule has 0 radical (unpaired) electrons. The van der Waals surface area contributed by atoms with E-state index in [0.29, 0.717) is 11.6 Å². The van der Waals surface area contributed by atoms with Gasteiger partial charge in [-0.25, -0.2) is 9.37 Å². The Hall–Kier alpha value is -1.72. The van der Waals surface area contributed by atoms with Gasteiger partial charge in [-0.05, 0) is 24.7 Å². The van der Waals surface area contributed by atoms with Crippen molar-refractivity contribution in [1.29, 1.82) is 0 Å². The van der Waals surface area contributed by atoms with Gasteiger partial charge >= 0.3 is 0 Å². The predicted octanol–water partition coefficient (Wildman–Crippen LogP) is 2.59. The molecule has 0 aliphatic rings. The van der Waals surface area contributed by atoms with Crippen LogP contribution in [0.15, 0.2) is 30.6 Å². The van der Waals surface area contributed by atoms with Crippen LogP contribution in [0.4, 0.5) is 4.39 Å². The SMILES string of the molecule is CNC(c1ccc(F)c(Cl)c1)c1nccnc1OC. The Morgan fingerprint density at radius 2 is 2.05 bits per heavy atom. The monoisotopic (exact) mass is 281 g/mol. The van der Waals surface area contributed by atoms with Crippen molar-refractivity contribution in [1.82, 2.24) is 15.3 Å². The van der Waals surface area contributed by atoms with Crippen molar-refractivity contribution in [3.05, 3.63) is 52.7 Å².